The zero-order chi connectivity index (χ0) is 19.1. The molecule has 0 saturated heterocycles. The number of anilines is 1. The van der Waals surface area contributed by atoms with Gasteiger partial charge in [-0.25, -0.2) is 4.98 Å². The number of rotatable bonds is 7. The van der Waals surface area contributed by atoms with E-state index in [0.29, 0.717) is 17.4 Å². The van der Waals surface area contributed by atoms with Crippen LogP contribution in [0.25, 0.3) is 0 Å². The summed E-state index contributed by atoms with van der Waals surface area (Å²) in [6, 6.07) is 12.9. The summed E-state index contributed by atoms with van der Waals surface area (Å²) >= 11 is 1.21. The summed E-state index contributed by atoms with van der Waals surface area (Å²) in [6.07, 6.45) is 2.35. The smallest absolute Gasteiger partial charge is 0.263 e. The van der Waals surface area contributed by atoms with Crippen LogP contribution in [0, 0.1) is 0 Å². The molecule has 0 aliphatic rings. The van der Waals surface area contributed by atoms with Crippen molar-refractivity contribution in [3.63, 3.8) is 0 Å². The third kappa shape index (κ3) is 5.35. The Morgan fingerprint density at radius 3 is 2.70 bits per heavy atom. The van der Waals surface area contributed by atoms with Crippen molar-refractivity contribution in [3.8, 4) is 0 Å². The number of aromatic amines is 1. The number of carbonyl (C=O) groups excluding carboxylic acids is 2. The van der Waals surface area contributed by atoms with E-state index in [4.69, 9.17) is 0 Å². The highest BCUT2D eigenvalue weighted by atomic mass is 32.1. The minimum atomic E-state index is -0.537. The molecule has 2 amide bonds. The van der Waals surface area contributed by atoms with Crippen LogP contribution in [0.1, 0.15) is 21.6 Å². The van der Waals surface area contributed by atoms with Crippen molar-refractivity contribution >= 4 is 28.3 Å². The predicted molar refractivity (Wildman–Crippen MR) is 104 cm³/mol. The van der Waals surface area contributed by atoms with Crippen molar-refractivity contribution in [2.24, 2.45) is 0 Å². The molecule has 0 bridgehead atoms. The molecular weight excluding hydrogens is 364 g/mol. The van der Waals surface area contributed by atoms with Crippen LogP contribution in [0.2, 0.25) is 0 Å². The minimum absolute atomic E-state index is 0.00732. The van der Waals surface area contributed by atoms with Crippen LogP contribution < -0.4 is 16.2 Å². The van der Waals surface area contributed by atoms with Gasteiger partial charge in [0.25, 0.3) is 11.5 Å². The van der Waals surface area contributed by atoms with E-state index < -0.39 is 11.5 Å². The second kappa shape index (κ2) is 8.91. The Labute approximate surface area is 159 Å². The standard InChI is InChI=1S/C19H18N4O3S/c24-16(20-10-8-13-5-2-1-3-6-13)11-14-12-27-19(22-14)23-18(26)15-7-4-9-21-17(15)25/h1-7,9,12H,8,10-11H2,(H,20,24)(H,21,25)(H,22,23,26). The molecule has 8 heteroatoms. The summed E-state index contributed by atoms with van der Waals surface area (Å²) in [4.78, 5) is 42.4. The van der Waals surface area contributed by atoms with Crippen molar-refractivity contribution < 1.29 is 9.59 Å². The predicted octanol–water partition coefficient (Wildman–Crippen LogP) is 1.99. The Hall–Kier alpha value is -3.26. The van der Waals surface area contributed by atoms with E-state index in [0.717, 1.165) is 12.0 Å². The molecule has 3 rings (SSSR count). The molecule has 2 heterocycles. The van der Waals surface area contributed by atoms with E-state index in [-0.39, 0.29) is 17.9 Å². The van der Waals surface area contributed by atoms with E-state index >= 15 is 0 Å². The number of nitrogens with one attached hydrogen (secondary N) is 3. The van der Waals surface area contributed by atoms with Crippen molar-refractivity contribution in [2.45, 2.75) is 12.8 Å². The van der Waals surface area contributed by atoms with Crippen molar-refractivity contribution in [3.05, 3.63) is 81.2 Å². The molecule has 2 aromatic heterocycles. The van der Waals surface area contributed by atoms with Gasteiger partial charge in [0.2, 0.25) is 5.91 Å². The molecule has 7 nitrogen and oxygen atoms in total. The molecule has 0 aliphatic heterocycles. The summed E-state index contributed by atoms with van der Waals surface area (Å²) in [7, 11) is 0. The Bertz CT molecular complexity index is 982. The Balaban J connectivity index is 1.49. The van der Waals surface area contributed by atoms with Crippen molar-refractivity contribution in [1.82, 2.24) is 15.3 Å². The van der Waals surface area contributed by atoms with Crippen LogP contribution in [-0.4, -0.2) is 28.3 Å². The number of H-pyrrole nitrogens is 1. The Morgan fingerprint density at radius 1 is 1.11 bits per heavy atom. The highest BCUT2D eigenvalue weighted by Gasteiger charge is 2.13. The Kier molecular flexibility index (Phi) is 6.11. The van der Waals surface area contributed by atoms with E-state index in [1.807, 2.05) is 30.3 Å². The molecular formula is C19H18N4O3S. The molecule has 0 atom stereocenters. The van der Waals surface area contributed by atoms with Gasteiger partial charge in [0.1, 0.15) is 5.56 Å². The van der Waals surface area contributed by atoms with Gasteiger partial charge >= 0.3 is 0 Å². The number of hydrogen-bond donors (Lipinski definition) is 3. The summed E-state index contributed by atoms with van der Waals surface area (Å²) in [6.45, 7) is 0.549. The van der Waals surface area contributed by atoms with Gasteiger partial charge in [0.15, 0.2) is 5.13 Å². The monoisotopic (exact) mass is 382 g/mol. The van der Waals surface area contributed by atoms with Gasteiger partial charge < -0.3 is 10.3 Å². The molecule has 27 heavy (non-hydrogen) atoms. The van der Waals surface area contributed by atoms with Gasteiger partial charge in [-0.05, 0) is 24.1 Å². The summed E-state index contributed by atoms with van der Waals surface area (Å²) < 4.78 is 0. The maximum atomic E-state index is 12.1. The SMILES string of the molecule is O=C(Cc1csc(NC(=O)c2ccc[nH]c2=O)n1)NCCc1ccccc1. The molecule has 3 aromatic rings. The molecule has 0 spiro atoms. The first-order chi connectivity index (χ1) is 13.1. The molecule has 1 aromatic carbocycles. The zero-order valence-electron chi connectivity index (χ0n) is 14.4. The summed E-state index contributed by atoms with van der Waals surface area (Å²) in [5, 5.41) is 7.48. The number of carbonyl (C=O) groups is 2. The first-order valence-corrected chi connectivity index (χ1v) is 9.24. The number of nitrogens with zero attached hydrogens (tertiary/aromatic N) is 1. The average molecular weight is 382 g/mol. The van der Waals surface area contributed by atoms with Gasteiger partial charge in [0.05, 0.1) is 12.1 Å². The number of aromatic nitrogens is 2. The quantitative estimate of drug-likeness (QED) is 0.581. The first kappa shape index (κ1) is 18.5. The fourth-order valence-corrected chi connectivity index (χ4v) is 3.13. The van der Waals surface area contributed by atoms with Gasteiger partial charge in [-0.3, -0.25) is 19.7 Å². The maximum Gasteiger partial charge on any atom is 0.263 e. The van der Waals surface area contributed by atoms with Crippen molar-refractivity contribution in [2.75, 3.05) is 11.9 Å². The van der Waals surface area contributed by atoms with Crippen LogP contribution >= 0.6 is 11.3 Å². The molecule has 138 valence electrons. The lowest BCUT2D eigenvalue weighted by molar-refractivity contribution is -0.120. The van der Waals surface area contributed by atoms with E-state index in [1.54, 1.807) is 11.4 Å². The first-order valence-electron chi connectivity index (χ1n) is 8.36. The average Bonchev–Trinajstić information content (AvgIpc) is 3.09. The van der Waals surface area contributed by atoms with Crippen LogP contribution in [0.15, 0.2) is 58.8 Å². The van der Waals surface area contributed by atoms with E-state index in [9.17, 15) is 14.4 Å². The third-order valence-electron chi connectivity index (χ3n) is 3.76. The topological polar surface area (TPSA) is 104 Å². The van der Waals surface area contributed by atoms with Crippen LogP contribution in [0.4, 0.5) is 5.13 Å². The highest BCUT2D eigenvalue weighted by molar-refractivity contribution is 7.14. The molecule has 3 N–H and O–H groups in total. The lowest BCUT2D eigenvalue weighted by Crippen LogP contribution is -2.27. The lowest BCUT2D eigenvalue weighted by atomic mass is 10.1. The van der Waals surface area contributed by atoms with Gasteiger partial charge in [-0.15, -0.1) is 11.3 Å². The van der Waals surface area contributed by atoms with Crippen LogP contribution in [0.3, 0.4) is 0 Å². The molecule has 0 fully saturated rings. The third-order valence-corrected chi connectivity index (χ3v) is 4.56. The van der Waals surface area contributed by atoms with Crippen LogP contribution in [0.5, 0.6) is 0 Å². The van der Waals surface area contributed by atoms with Gasteiger partial charge in [0, 0.05) is 18.1 Å². The molecule has 0 unspecified atom stereocenters. The van der Waals surface area contributed by atoms with E-state index in [1.165, 1.54) is 23.6 Å². The number of thiazole rings is 1. The second-order valence-corrected chi connectivity index (χ2v) is 6.63. The minimum Gasteiger partial charge on any atom is -0.355 e. The summed E-state index contributed by atoms with van der Waals surface area (Å²) in [5.41, 5.74) is 1.26. The number of hydrogen-bond acceptors (Lipinski definition) is 5. The Morgan fingerprint density at radius 2 is 1.93 bits per heavy atom. The maximum absolute atomic E-state index is 12.1. The van der Waals surface area contributed by atoms with Gasteiger partial charge in [-0.1, -0.05) is 30.3 Å². The zero-order valence-corrected chi connectivity index (χ0v) is 15.2. The highest BCUT2D eigenvalue weighted by Crippen LogP contribution is 2.16. The normalized spacial score (nSPS) is 10.4. The number of amides is 2. The molecule has 0 saturated carbocycles. The van der Waals surface area contributed by atoms with E-state index in [2.05, 4.69) is 20.6 Å². The second-order valence-electron chi connectivity index (χ2n) is 5.77. The summed E-state index contributed by atoms with van der Waals surface area (Å²) in [5.74, 6) is -0.668. The van der Waals surface area contributed by atoms with Crippen LogP contribution in [-0.2, 0) is 17.6 Å². The van der Waals surface area contributed by atoms with Gasteiger partial charge in [-0.2, -0.15) is 0 Å². The largest absolute Gasteiger partial charge is 0.355 e. The fraction of sp³-hybridized carbons (Fsp3) is 0.158. The molecule has 0 aliphatic carbocycles. The lowest BCUT2D eigenvalue weighted by Gasteiger charge is -2.04. The van der Waals surface area contributed by atoms with Crippen molar-refractivity contribution in [1.29, 1.82) is 0 Å². The fourth-order valence-electron chi connectivity index (χ4n) is 2.43. The number of pyridine rings is 1. The molecule has 0 radical (unpaired) electrons. The number of benzene rings is 1.